The number of benzene rings is 1. The third kappa shape index (κ3) is 4.38. The van der Waals surface area contributed by atoms with E-state index in [9.17, 15) is 23.4 Å². The summed E-state index contributed by atoms with van der Waals surface area (Å²) in [5, 5.41) is 26.2. The molecule has 1 aliphatic heterocycles. The van der Waals surface area contributed by atoms with E-state index in [-0.39, 0.29) is 17.5 Å². The molecule has 2 N–H and O–H groups in total. The second-order valence-electron chi connectivity index (χ2n) is 9.46. The Morgan fingerprint density at radius 3 is 2.24 bits per heavy atom. The maximum Gasteiger partial charge on any atom is 0.573 e. The van der Waals surface area contributed by atoms with Crippen molar-refractivity contribution in [1.82, 2.24) is 20.0 Å². The Morgan fingerprint density at radius 2 is 1.71 bits per heavy atom. The molecule has 1 atom stereocenters. The van der Waals surface area contributed by atoms with Crippen molar-refractivity contribution in [3.8, 4) is 17.1 Å². The standard InChI is InChI=1S/C23H25F3N4O4/c1-20(2,31)19-28-18(29-34-19)14-9-16(11-27-10-14)22(32,21(3)12-30(4)13-21)15-5-7-17(8-6-15)33-23(24,25)26/h5-11,31-32H,12-13H2,1-4H3. The molecule has 1 aromatic carbocycles. The molecule has 2 aromatic heterocycles. The summed E-state index contributed by atoms with van der Waals surface area (Å²) >= 11 is 0. The number of likely N-dealkylation sites (tertiary alicyclic amines) is 1. The molecule has 0 radical (unpaired) electrons. The van der Waals surface area contributed by atoms with Gasteiger partial charge in [0.1, 0.15) is 17.0 Å². The fourth-order valence-corrected chi connectivity index (χ4v) is 4.48. The predicted octanol–water partition coefficient (Wildman–Crippen LogP) is 3.45. The second-order valence-corrected chi connectivity index (χ2v) is 9.46. The Labute approximate surface area is 194 Å². The largest absolute Gasteiger partial charge is 0.573 e. The summed E-state index contributed by atoms with van der Waals surface area (Å²) in [7, 11) is 1.91. The van der Waals surface area contributed by atoms with Gasteiger partial charge >= 0.3 is 6.36 Å². The van der Waals surface area contributed by atoms with E-state index in [2.05, 4.69) is 19.9 Å². The monoisotopic (exact) mass is 478 g/mol. The van der Waals surface area contributed by atoms with Gasteiger partial charge in [0.2, 0.25) is 5.82 Å². The number of aliphatic hydroxyl groups is 2. The number of hydrogen-bond acceptors (Lipinski definition) is 8. The lowest BCUT2D eigenvalue weighted by molar-refractivity contribution is -0.274. The molecule has 3 heterocycles. The van der Waals surface area contributed by atoms with Crippen LogP contribution in [0.5, 0.6) is 5.75 Å². The van der Waals surface area contributed by atoms with Crippen LogP contribution < -0.4 is 4.74 Å². The minimum absolute atomic E-state index is 0.0241. The lowest BCUT2D eigenvalue weighted by atomic mass is 9.62. The third-order valence-electron chi connectivity index (χ3n) is 5.98. The smallest absolute Gasteiger partial charge is 0.406 e. The van der Waals surface area contributed by atoms with Gasteiger partial charge in [0.25, 0.3) is 5.89 Å². The molecule has 1 fully saturated rings. The molecule has 8 nitrogen and oxygen atoms in total. The predicted molar refractivity (Wildman–Crippen MR) is 115 cm³/mol. The SMILES string of the molecule is CN1CC(C)(C(O)(c2ccc(OC(F)(F)F)cc2)c2cncc(-c3noc(C(C)(C)O)n3)c2)C1. The van der Waals surface area contributed by atoms with Crippen molar-refractivity contribution >= 4 is 0 Å². The van der Waals surface area contributed by atoms with Gasteiger partial charge < -0.3 is 24.4 Å². The first-order valence-electron chi connectivity index (χ1n) is 10.5. The zero-order valence-corrected chi connectivity index (χ0v) is 19.1. The number of halogens is 3. The molecular formula is C23H25F3N4O4. The fourth-order valence-electron chi connectivity index (χ4n) is 4.48. The first-order valence-corrected chi connectivity index (χ1v) is 10.5. The quantitative estimate of drug-likeness (QED) is 0.555. The molecule has 1 saturated heterocycles. The summed E-state index contributed by atoms with van der Waals surface area (Å²) in [6, 6.07) is 6.84. The van der Waals surface area contributed by atoms with Crippen LogP contribution in [0.2, 0.25) is 0 Å². The molecule has 1 unspecified atom stereocenters. The van der Waals surface area contributed by atoms with Gasteiger partial charge in [0, 0.05) is 42.0 Å². The average Bonchev–Trinajstić information content (AvgIpc) is 3.22. The van der Waals surface area contributed by atoms with Gasteiger partial charge in [-0.15, -0.1) is 13.2 Å². The molecule has 3 aromatic rings. The number of aromatic nitrogens is 3. The summed E-state index contributed by atoms with van der Waals surface area (Å²) in [5.74, 6) is -0.179. The third-order valence-corrected chi connectivity index (χ3v) is 5.98. The van der Waals surface area contributed by atoms with E-state index in [1.54, 1.807) is 6.07 Å². The van der Waals surface area contributed by atoms with Crippen LogP contribution in [0.1, 0.15) is 37.8 Å². The van der Waals surface area contributed by atoms with Gasteiger partial charge in [-0.2, -0.15) is 4.98 Å². The number of alkyl halides is 3. The zero-order valence-electron chi connectivity index (χ0n) is 19.1. The number of ether oxygens (including phenoxy) is 1. The van der Waals surface area contributed by atoms with Crippen LogP contribution in [0.15, 0.2) is 47.2 Å². The van der Waals surface area contributed by atoms with Crippen molar-refractivity contribution in [2.75, 3.05) is 20.1 Å². The highest BCUT2D eigenvalue weighted by atomic mass is 19.4. The first kappa shape index (κ1) is 24.1. The highest BCUT2D eigenvalue weighted by molar-refractivity contribution is 5.56. The molecule has 0 saturated carbocycles. The Balaban J connectivity index is 1.77. The number of rotatable bonds is 6. The van der Waals surface area contributed by atoms with E-state index in [0.29, 0.717) is 29.8 Å². The topological polar surface area (TPSA) is 105 Å². The van der Waals surface area contributed by atoms with E-state index >= 15 is 0 Å². The number of pyridine rings is 1. The van der Waals surface area contributed by atoms with Crippen LogP contribution in [-0.2, 0) is 11.2 Å². The molecular weight excluding hydrogens is 453 g/mol. The molecule has 182 valence electrons. The first-order chi connectivity index (χ1) is 15.7. The molecule has 0 bridgehead atoms. The number of nitrogens with zero attached hydrogens (tertiary/aromatic N) is 4. The van der Waals surface area contributed by atoms with Crippen molar-refractivity contribution in [3.05, 3.63) is 59.7 Å². The summed E-state index contributed by atoms with van der Waals surface area (Å²) in [6.07, 6.45) is -1.81. The highest BCUT2D eigenvalue weighted by Crippen LogP contribution is 2.50. The van der Waals surface area contributed by atoms with Gasteiger partial charge in [0.15, 0.2) is 0 Å². The normalized spacial score (nSPS) is 18.3. The van der Waals surface area contributed by atoms with Crippen molar-refractivity contribution in [1.29, 1.82) is 0 Å². The van der Waals surface area contributed by atoms with E-state index < -0.39 is 23.0 Å². The van der Waals surface area contributed by atoms with Crippen LogP contribution in [0, 0.1) is 5.41 Å². The van der Waals surface area contributed by atoms with Crippen molar-refractivity contribution in [3.63, 3.8) is 0 Å². The lowest BCUT2D eigenvalue weighted by Crippen LogP contribution is -2.63. The summed E-state index contributed by atoms with van der Waals surface area (Å²) < 4.78 is 46.9. The molecule has 11 heteroatoms. The maximum atomic E-state index is 12.6. The summed E-state index contributed by atoms with van der Waals surface area (Å²) in [5.41, 5.74) is -2.34. The molecule has 0 spiro atoms. The Morgan fingerprint density at radius 1 is 1.06 bits per heavy atom. The second kappa shape index (κ2) is 8.03. The summed E-state index contributed by atoms with van der Waals surface area (Å²) in [4.78, 5) is 10.5. The van der Waals surface area contributed by atoms with E-state index in [1.807, 2.05) is 18.9 Å². The minimum atomic E-state index is -4.81. The van der Waals surface area contributed by atoms with Gasteiger partial charge in [-0.3, -0.25) is 4.98 Å². The lowest BCUT2D eigenvalue weighted by Gasteiger charge is -2.55. The molecule has 0 aliphatic carbocycles. The molecule has 0 amide bonds. The molecule has 4 rings (SSSR count). The van der Waals surface area contributed by atoms with Gasteiger partial charge in [-0.25, -0.2) is 0 Å². The van der Waals surface area contributed by atoms with E-state index in [0.717, 1.165) is 0 Å². The van der Waals surface area contributed by atoms with Gasteiger partial charge in [-0.05, 0) is 44.7 Å². The Bertz CT molecular complexity index is 1170. The molecule has 1 aliphatic rings. The highest BCUT2D eigenvalue weighted by Gasteiger charge is 2.55. The van der Waals surface area contributed by atoms with Crippen LogP contribution in [0.25, 0.3) is 11.4 Å². The van der Waals surface area contributed by atoms with Crippen LogP contribution in [-0.4, -0.2) is 56.7 Å². The Kier molecular flexibility index (Phi) is 5.70. The van der Waals surface area contributed by atoms with Crippen molar-refractivity contribution in [2.24, 2.45) is 5.41 Å². The molecule has 34 heavy (non-hydrogen) atoms. The minimum Gasteiger partial charge on any atom is -0.406 e. The zero-order chi connectivity index (χ0) is 24.9. The summed E-state index contributed by atoms with van der Waals surface area (Å²) in [6.45, 7) is 6.01. The average molecular weight is 478 g/mol. The van der Waals surface area contributed by atoms with Crippen molar-refractivity contribution < 1.29 is 32.6 Å². The van der Waals surface area contributed by atoms with Gasteiger partial charge in [0.05, 0.1) is 0 Å². The van der Waals surface area contributed by atoms with Crippen LogP contribution in [0.3, 0.4) is 0 Å². The van der Waals surface area contributed by atoms with Crippen LogP contribution in [0.4, 0.5) is 13.2 Å². The Hall–Kier alpha value is -3.02. The van der Waals surface area contributed by atoms with Crippen LogP contribution >= 0.6 is 0 Å². The van der Waals surface area contributed by atoms with Crippen molar-refractivity contribution in [2.45, 2.75) is 38.3 Å². The van der Waals surface area contributed by atoms with Gasteiger partial charge in [-0.1, -0.05) is 24.2 Å². The van der Waals surface area contributed by atoms with E-state index in [1.165, 1.54) is 50.5 Å². The van der Waals surface area contributed by atoms with E-state index in [4.69, 9.17) is 4.52 Å². The number of hydrogen-bond donors (Lipinski definition) is 2. The fraction of sp³-hybridized carbons (Fsp3) is 0.435. The maximum absolute atomic E-state index is 12.6.